The monoisotopic (exact) mass is 422 g/mol. The molecule has 0 radical (unpaired) electrons. The summed E-state index contributed by atoms with van der Waals surface area (Å²) in [6.07, 6.45) is 2.75. The number of nitrogens with one attached hydrogen (secondary N) is 4. The van der Waals surface area contributed by atoms with Crippen molar-refractivity contribution in [3.8, 4) is 11.3 Å². The molecule has 3 heterocycles. The molecule has 1 fully saturated rings. The average Bonchev–Trinajstić information content (AvgIpc) is 3.17. The van der Waals surface area contributed by atoms with E-state index >= 15 is 0 Å². The van der Waals surface area contributed by atoms with Crippen molar-refractivity contribution in [1.82, 2.24) is 25.6 Å². The number of rotatable bonds is 7. The number of anilines is 1. The smallest absolute Gasteiger partial charge is 0.253 e. The molecule has 9 nitrogen and oxygen atoms in total. The molecule has 1 saturated carbocycles. The zero-order valence-corrected chi connectivity index (χ0v) is 17.4. The first-order chi connectivity index (χ1) is 15.1. The summed E-state index contributed by atoms with van der Waals surface area (Å²) in [4.78, 5) is 29.4. The molecule has 0 unspecified atom stereocenters. The van der Waals surface area contributed by atoms with Crippen LogP contribution in [0.1, 0.15) is 34.6 Å². The van der Waals surface area contributed by atoms with E-state index in [-0.39, 0.29) is 12.5 Å². The van der Waals surface area contributed by atoms with E-state index in [2.05, 4.69) is 25.8 Å². The van der Waals surface area contributed by atoms with E-state index in [1.54, 1.807) is 0 Å². The molecule has 162 valence electrons. The van der Waals surface area contributed by atoms with E-state index in [0.717, 1.165) is 58.8 Å². The molecular formula is C22H26N6O3. The Morgan fingerprint density at radius 3 is 2.90 bits per heavy atom. The fourth-order valence-corrected chi connectivity index (χ4v) is 4.36. The van der Waals surface area contributed by atoms with Gasteiger partial charge in [0.1, 0.15) is 11.3 Å². The van der Waals surface area contributed by atoms with Gasteiger partial charge in [-0.1, -0.05) is 12.1 Å². The van der Waals surface area contributed by atoms with Crippen LogP contribution in [0.15, 0.2) is 24.3 Å². The number of H-pyrrole nitrogens is 1. The Kier molecular flexibility index (Phi) is 5.31. The standard InChI is InChI=1S/C22H26N6O3/c1-12-21(26-14-9-13(10-14)23-7-8-31-30)28-20-15(3-2-4-18(20)25-12)19-11-16-17(27-19)5-6-24-22(16)29/h2-4,11,13-14,23,27,30H,5-10H2,1H3,(H,24,29)(H,26,28). The molecule has 5 rings (SSSR count). The summed E-state index contributed by atoms with van der Waals surface area (Å²) in [7, 11) is 0. The van der Waals surface area contributed by atoms with Gasteiger partial charge in [0.25, 0.3) is 5.91 Å². The van der Waals surface area contributed by atoms with Gasteiger partial charge in [-0.3, -0.25) is 10.1 Å². The lowest BCUT2D eigenvalue weighted by atomic mass is 9.86. The Labute approximate surface area is 179 Å². The van der Waals surface area contributed by atoms with E-state index in [1.165, 1.54) is 0 Å². The van der Waals surface area contributed by atoms with Crippen LogP contribution in [0.3, 0.4) is 0 Å². The minimum Gasteiger partial charge on any atom is -0.366 e. The molecule has 31 heavy (non-hydrogen) atoms. The van der Waals surface area contributed by atoms with Gasteiger partial charge in [0.05, 0.1) is 23.4 Å². The Morgan fingerprint density at radius 2 is 2.10 bits per heavy atom. The summed E-state index contributed by atoms with van der Waals surface area (Å²) in [5.41, 5.74) is 5.99. The molecule has 1 amide bonds. The molecule has 0 saturated heterocycles. The predicted molar refractivity (Wildman–Crippen MR) is 117 cm³/mol. The van der Waals surface area contributed by atoms with Crippen LogP contribution in [-0.4, -0.2) is 57.9 Å². The molecule has 3 aromatic rings. The van der Waals surface area contributed by atoms with Gasteiger partial charge in [0.15, 0.2) is 0 Å². The van der Waals surface area contributed by atoms with Crippen LogP contribution >= 0.6 is 0 Å². The second kappa shape index (κ2) is 8.26. The number of carbonyl (C=O) groups is 1. The largest absolute Gasteiger partial charge is 0.366 e. The second-order valence-electron chi connectivity index (χ2n) is 8.21. The van der Waals surface area contributed by atoms with Gasteiger partial charge in [-0.05, 0) is 31.9 Å². The van der Waals surface area contributed by atoms with Crippen LogP contribution in [0.2, 0.25) is 0 Å². The first kappa shape index (κ1) is 19.9. The summed E-state index contributed by atoms with van der Waals surface area (Å²) in [6, 6.07) is 8.59. The van der Waals surface area contributed by atoms with Gasteiger partial charge in [0.2, 0.25) is 0 Å². The van der Waals surface area contributed by atoms with E-state index in [9.17, 15) is 4.79 Å². The lowest BCUT2D eigenvalue weighted by Crippen LogP contribution is -2.48. The SMILES string of the molecule is Cc1nc2cccc(-c3cc4c([nH]3)CCNC4=O)c2nc1NC1CC(NCCOO)C1. The minimum absolute atomic E-state index is 0.0352. The van der Waals surface area contributed by atoms with E-state index < -0.39 is 0 Å². The molecule has 9 heteroatoms. The molecule has 1 aliphatic carbocycles. The maximum absolute atomic E-state index is 12.2. The van der Waals surface area contributed by atoms with Crippen LogP contribution in [0, 0.1) is 6.92 Å². The normalized spacial score (nSPS) is 20.3. The van der Waals surface area contributed by atoms with E-state index in [1.807, 2.05) is 31.2 Å². The van der Waals surface area contributed by atoms with Crippen LogP contribution in [0.4, 0.5) is 5.82 Å². The number of aryl methyl sites for hydroxylation is 1. The summed E-state index contributed by atoms with van der Waals surface area (Å²) in [5.74, 6) is 0.753. The van der Waals surface area contributed by atoms with E-state index in [0.29, 0.717) is 30.7 Å². The molecule has 2 aromatic heterocycles. The zero-order chi connectivity index (χ0) is 21.4. The van der Waals surface area contributed by atoms with Crippen LogP contribution in [0.5, 0.6) is 0 Å². The maximum atomic E-state index is 12.2. The summed E-state index contributed by atoms with van der Waals surface area (Å²) >= 11 is 0. The molecule has 5 N–H and O–H groups in total. The fraction of sp³-hybridized carbons (Fsp3) is 0.409. The molecule has 1 aromatic carbocycles. The van der Waals surface area contributed by atoms with Crippen LogP contribution in [0.25, 0.3) is 22.3 Å². The van der Waals surface area contributed by atoms with Gasteiger partial charge in [-0.15, -0.1) is 0 Å². The third-order valence-electron chi connectivity index (χ3n) is 6.07. The lowest BCUT2D eigenvalue weighted by Gasteiger charge is -2.37. The number of fused-ring (bicyclic) bond motifs is 2. The highest BCUT2D eigenvalue weighted by Crippen LogP contribution is 2.31. The lowest BCUT2D eigenvalue weighted by molar-refractivity contribution is -0.240. The summed E-state index contributed by atoms with van der Waals surface area (Å²) in [5, 5.41) is 18.2. The Hall–Kier alpha value is -3.01. The van der Waals surface area contributed by atoms with Gasteiger partial charge in [-0.25, -0.2) is 14.9 Å². The maximum Gasteiger partial charge on any atom is 0.253 e. The molecule has 0 atom stereocenters. The highest BCUT2D eigenvalue weighted by molar-refractivity contribution is 5.99. The van der Waals surface area contributed by atoms with Crippen LogP contribution < -0.4 is 16.0 Å². The molecule has 1 aliphatic heterocycles. The number of hydrogen-bond acceptors (Lipinski definition) is 7. The summed E-state index contributed by atoms with van der Waals surface area (Å²) in [6.45, 7) is 3.53. The average molecular weight is 422 g/mol. The zero-order valence-electron chi connectivity index (χ0n) is 17.4. The number of nitrogens with zero attached hydrogens (tertiary/aromatic N) is 2. The van der Waals surface area contributed by atoms with Gasteiger partial charge in [-0.2, -0.15) is 0 Å². The number of benzene rings is 1. The summed E-state index contributed by atoms with van der Waals surface area (Å²) < 4.78 is 0. The first-order valence-electron chi connectivity index (χ1n) is 10.7. The predicted octanol–water partition coefficient (Wildman–Crippen LogP) is 2.24. The number of para-hydroxylation sites is 1. The van der Waals surface area contributed by atoms with Crippen molar-refractivity contribution in [3.63, 3.8) is 0 Å². The van der Waals surface area contributed by atoms with E-state index in [4.69, 9.17) is 15.2 Å². The van der Waals surface area contributed by atoms with Crippen molar-refractivity contribution in [2.24, 2.45) is 0 Å². The van der Waals surface area contributed by atoms with Crippen molar-refractivity contribution in [2.45, 2.75) is 38.3 Å². The third-order valence-corrected chi connectivity index (χ3v) is 6.07. The van der Waals surface area contributed by atoms with Gasteiger partial charge >= 0.3 is 0 Å². The van der Waals surface area contributed by atoms with Crippen molar-refractivity contribution < 1.29 is 14.9 Å². The molecular weight excluding hydrogens is 396 g/mol. The van der Waals surface area contributed by atoms with Crippen molar-refractivity contribution in [1.29, 1.82) is 0 Å². The minimum atomic E-state index is -0.0352. The quantitative estimate of drug-likeness (QED) is 0.225. The second-order valence-corrected chi connectivity index (χ2v) is 8.21. The highest BCUT2D eigenvalue weighted by atomic mass is 17.1. The molecule has 0 bridgehead atoms. The van der Waals surface area contributed by atoms with Crippen molar-refractivity contribution >= 4 is 22.8 Å². The van der Waals surface area contributed by atoms with Crippen molar-refractivity contribution in [2.75, 3.05) is 25.0 Å². The number of amides is 1. The topological polar surface area (TPSA) is 124 Å². The van der Waals surface area contributed by atoms with Gasteiger partial charge in [0, 0.05) is 48.5 Å². The number of aromatic nitrogens is 3. The van der Waals surface area contributed by atoms with Crippen LogP contribution in [-0.2, 0) is 11.3 Å². The Morgan fingerprint density at radius 1 is 1.23 bits per heavy atom. The number of hydrogen-bond donors (Lipinski definition) is 5. The van der Waals surface area contributed by atoms with Crippen molar-refractivity contribution in [3.05, 3.63) is 41.2 Å². The third kappa shape index (κ3) is 3.87. The Bertz CT molecular complexity index is 1120. The Balaban J connectivity index is 1.40. The highest BCUT2D eigenvalue weighted by Gasteiger charge is 2.29. The molecule has 0 spiro atoms. The first-order valence-corrected chi connectivity index (χ1v) is 10.7. The fourth-order valence-electron chi connectivity index (χ4n) is 4.36. The number of carbonyl (C=O) groups excluding carboxylic acids is 1. The van der Waals surface area contributed by atoms with Gasteiger partial charge < -0.3 is 20.9 Å². The number of aromatic amines is 1. The molecule has 2 aliphatic rings.